The van der Waals surface area contributed by atoms with Crippen molar-refractivity contribution in [2.45, 2.75) is 13.8 Å². The number of anilines is 1. The Kier molecular flexibility index (Phi) is 4.52. The Morgan fingerprint density at radius 1 is 1.16 bits per heavy atom. The first-order valence-electron chi connectivity index (χ1n) is 9.51. The topological polar surface area (TPSA) is 106 Å². The number of carbonyl (C=O) groups excluding carboxylic acids is 1. The van der Waals surface area contributed by atoms with Crippen LogP contribution < -0.4 is 10.9 Å². The van der Waals surface area contributed by atoms with Crippen LogP contribution in [0.25, 0.3) is 27.5 Å². The third kappa shape index (κ3) is 3.44. The fraction of sp³-hybridized carbons (Fsp3) is 0.0909. The van der Waals surface area contributed by atoms with Gasteiger partial charge in [0.25, 0.3) is 11.5 Å². The summed E-state index contributed by atoms with van der Waals surface area (Å²) in [6, 6.07) is 14.7. The first-order chi connectivity index (χ1) is 15.0. The lowest BCUT2D eigenvalue weighted by Gasteiger charge is -2.08. The molecule has 0 bridgehead atoms. The number of thiophene rings is 1. The Morgan fingerprint density at radius 2 is 2.00 bits per heavy atom. The molecule has 9 heteroatoms. The van der Waals surface area contributed by atoms with Crippen molar-refractivity contribution < 1.29 is 9.21 Å². The molecule has 1 amide bonds. The summed E-state index contributed by atoms with van der Waals surface area (Å²) in [6.07, 6.45) is 0. The Balaban J connectivity index is 1.58. The molecule has 31 heavy (non-hydrogen) atoms. The van der Waals surface area contributed by atoms with Gasteiger partial charge in [-0.25, -0.2) is 4.98 Å². The molecule has 0 aliphatic rings. The Labute approximate surface area is 180 Å². The molecule has 0 unspecified atom stereocenters. The number of aryl methyl sites for hydroxylation is 1. The molecule has 4 heterocycles. The van der Waals surface area contributed by atoms with Crippen LogP contribution in [0.4, 0.5) is 5.82 Å². The van der Waals surface area contributed by atoms with Crippen LogP contribution in [0.15, 0.2) is 63.1 Å². The summed E-state index contributed by atoms with van der Waals surface area (Å²) in [4.78, 5) is 33.3. The highest BCUT2D eigenvalue weighted by Gasteiger charge is 2.19. The fourth-order valence-corrected chi connectivity index (χ4v) is 3.86. The van der Waals surface area contributed by atoms with E-state index in [0.29, 0.717) is 28.4 Å². The molecule has 0 radical (unpaired) electrons. The molecule has 0 fully saturated rings. The third-order valence-corrected chi connectivity index (χ3v) is 5.85. The van der Waals surface area contributed by atoms with Gasteiger partial charge < -0.3 is 9.73 Å². The van der Waals surface area contributed by atoms with E-state index in [4.69, 9.17) is 4.42 Å². The molecule has 0 saturated carbocycles. The number of furan rings is 1. The Hall–Kier alpha value is -3.98. The predicted octanol–water partition coefficient (Wildman–Crippen LogP) is 4.30. The average Bonchev–Trinajstić information content (AvgIpc) is 3.50. The minimum atomic E-state index is -0.429. The first kappa shape index (κ1) is 19.0. The lowest BCUT2D eigenvalue weighted by atomic mass is 10.2. The second-order valence-electron chi connectivity index (χ2n) is 7.01. The number of amides is 1. The van der Waals surface area contributed by atoms with Gasteiger partial charge in [0, 0.05) is 22.7 Å². The highest BCUT2D eigenvalue weighted by molar-refractivity contribution is 7.13. The van der Waals surface area contributed by atoms with Crippen molar-refractivity contribution in [3.05, 3.63) is 81.3 Å². The van der Waals surface area contributed by atoms with Crippen LogP contribution in [0, 0.1) is 13.8 Å². The molecule has 5 aromatic rings. The van der Waals surface area contributed by atoms with E-state index in [1.54, 1.807) is 32.0 Å². The summed E-state index contributed by atoms with van der Waals surface area (Å²) in [5.74, 6) is 0.325. The highest BCUT2D eigenvalue weighted by Crippen LogP contribution is 2.28. The van der Waals surface area contributed by atoms with Crippen molar-refractivity contribution >= 4 is 34.0 Å². The van der Waals surface area contributed by atoms with Crippen LogP contribution in [0.3, 0.4) is 0 Å². The number of hydrogen-bond acceptors (Lipinski definition) is 6. The van der Waals surface area contributed by atoms with E-state index in [1.807, 2.05) is 35.7 Å². The summed E-state index contributed by atoms with van der Waals surface area (Å²) < 4.78 is 7.09. The van der Waals surface area contributed by atoms with Crippen molar-refractivity contribution in [2.24, 2.45) is 0 Å². The van der Waals surface area contributed by atoms with E-state index in [0.717, 1.165) is 10.3 Å². The van der Waals surface area contributed by atoms with Crippen LogP contribution in [-0.2, 0) is 0 Å². The lowest BCUT2D eigenvalue weighted by Crippen LogP contribution is -2.20. The van der Waals surface area contributed by atoms with Crippen LogP contribution in [0.2, 0.25) is 0 Å². The number of fused-ring (bicyclic) bond motifs is 1. The zero-order valence-corrected chi connectivity index (χ0v) is 17.5. The molecule has 154 valence electrons. The molecule has 0 aliphatic heterocycles. The van der Waals surface area contributed by atoms with E-state index >= 15 is 0 Å². The summed E-state index contributed by atoms with van der Waals surface area (Å²) in [6.45, 7) is 3.46. The maximum atomic E-state index is 12.9. The second-order valence-corrected chi connectivity index (χ2v) is 7.95. The van der Waals surface area contributed by atoms with Crippen molar-refractivity contribution in [1.29, 1.82) is 0 Å². The molecule has 0 atom stereocenters. The van der Waals surface area contributed by atoms with Gasteiger partial charge in [-0.15, -0.1) is 11.3 Å². The van der Waals surface area contributed by atoms with Gasteiger partial charge in [0.2, 0.25) is 5.95 Å². The minimum Gasteiger partial charge on any atom is -0.451 e. The predicted molar refractivity (Wildman–Crippen MR) is 119 cm³/mol. The molecule has 5 rings (SSSR count). The molecule has 0 saturated heterocycles. The normalized spacial score (nSPS) is 11.2. The number of nitrogens with one attached hydrogen (secondary N) is 2. The number of rotatable bonds is 4. The van der Waals surface area contributed by atoms with E-state index in [-0.39, 0.29) is 17.3 Å². The van der Waals surface area contributed by atoms with Crippen molar-refractivity contribution in [1.82, 2.24) is 19.7 Å². The van der Waals surface area contributed by atoms with Crippen molar-refractivity contribution in [2.75, 3.05) is 5.32 Å². The molecule has 0 spiro atoms. The van der Waals surface area contributed by atoms with E-state index in [1.165, 1.54) is 16.0 Å². The van der Waals surface area contributed by atoms with Gasteiger partial charge in [0.15, 0.2) is 5.76 Å². The SMILES string of the molecule is Cc1nc(-n2nc(-c3cccs3)cc2NC(=O)c2cc3ccccc3o2)[nH]c(=O)c1C. The number of aromatic amines is 1. The molecule has 1 aromatic carbocycles. The van der Waals surface area contributed by atoms with Crippen molar-refractivity contribution in [3.8, 4) is 16.5 Å². The van der Waals surface area contributed by atoms with E-state index in [2.05, 4.69) is 20.4 Å². The molecular weight excluding hydrogens is 414 g/mol. The van der Waals surface area contributed by atoms with Gasteiger partial charge in [0.05, 0.1) is 4.88 Å². The lowest BCUT2D eigenvalue weighted by molar-refractivity contribution is 0.0998. The maximum absolute atomic E-state index is 12.9. The van der Waals surface area contributed by atoms with Gasteiger partial charge in [0.1, 0.15) is 17.1 Å². The van der Waals surface area contributed by atoms with Gasteiger partial charge in [-0.3, -0.25) is 14.6 Å². The van der Waals surface area contributed by atoms with Gasteiger partial charge >= 0.3 is 0 Å². The first-order valence-corrected chi connectivity index (χ1v) is 10.4. The van der Waals surface area contributed by atoms with Gasteiger partial charge in [-0.2, -0.15) is 9.78 Å². The number of hydrogen-bond donors (Lipinski definition) is 2. The van der Waals surface area contributed by atoms with Crippen LogP contribution in [0.1, 0.15) is 21.8 Å². The summed E-state index contributed by atoms with van der Waals surface area (Å²) >= 11 is 1.52. The highest BCUT2D eigenvalue weighted by atomic mass is 32.1. The standard InChI is InChI=1S/C22H17N5O3S/c1-12-13(2)23-22(25-20(12)28)27-19(11-15(26-27)18-8-5-9-31-18)24-21(29)17-10-14-6-3-4-7-16(14)30-17/h3-11H,1-2H3,(H,24,29)(H,23,25,28). The monoisotopic (exact) mass is 431 g/mol. The number of aromatic nitrogens is 4. The average molecular weight is 431 g/mol. The minimum absolute atomic E-state index is 0.174. The fourth-order valence-electron chi connectivity index (χ4n) is 3.18. The molecule has 4 aromatic heterocycles. The zero-order chi connectivity index (χ0) is 21.5. The number of carbonyl (C=O) groups is 1. The number of benzene rings is 1. The Morgan fingerprint density at radius 3 is 2.74 bits per heavy atom. The summed E-state index contributed by atoms with van der Waals surface area (Å²) in [7, 11) is 0. The maximum Gasteiger partial charge on any atom is 0.292 e. The van der Waals surface area contributed by atoms with Gasteiger partial charge in [-0.1, -0.05) is 24.3 Å². The summed E-state index contributed by atoms with van der Waals surface area (Å²) in [5.41, 5.74) is 2.13. The zero-order valence-electron chi connectivity index (χ0n) is 16.7. The second kappa shape index (κ2) is 7.37. The van der Waals surface area contributed by atoms with Gasteiger partial charge in [-0.05, 0) is 37.4 Å². The molecule has 0 aliphatic carbocycles. The summed E-state index contributed by atoms with van der Waals surface area (Å²) in [5, 5.41) is 10.2. The van der Waals surface area contributed by atoms with Crippen LogP contribution in [-0.4, -0.2) is 25.7 Å². The molecule has 8 nitrogen and oxygen atoms in total. The third-order valence-electron chi connectivity index (χ3n) is 4.96. The smallest absolute Gasteiger partial charge is 0.292 e. The number of H-pyrrole nitrogens is 1. The number of nitrogens with zero attached hydrogens (tertiary/aromatic N) is 3. The number of para-hydroxylation sites is 1. The van der Waals surface area contributed by atoms with Crippen LogP contribution in [0.5, 0.6) is 0 Å². The molecular formula is C22H17N5O3S. The van der Waals surface area contributed by atoms with Crippen molar-refractivity contribution in [3.63, 3.8) is 0 Å². The van der Waals surface area contributed by atoms with E-state index in [9.17, 15) is 9.59 Å². The largest absolute Gasteiger partial charge is 0.451 e. The van der Waals surface area contributed by atoms with E-state index < -0.39 is 5.91 Å². The van der Waals surface area contributed by atoms with Crippen LogP contribution >= 0.6 is 11.3 Å². The Bertz CT molecular complexity index is 1440. The molecule has 2 N–H and O–H groups in total. The quantitative estimate of drug-likeness (QED) is 0.441.